The predicted molar refractivity (Wildman–Crippen MR) is 101 cm³/mol. The summed E-state index contributed by atoms with van der Waals surface area (Å²) in [5.74, 6) is -0.689. The van der Waals surface area contributed by atoms with Gasteiger partial charge in [0.1, 0.15) is 17.2 Å². The number of likely N-dealkylation sites (tertiary alicyclic amines) is 1. The van der Waals surface area contributed by atoms with E-state index in [1.165, 1.54) is 0 Å². The minimum atomic E-state index is -0.769. The molecule has 8 heteroatoms. The van der Waals surface area contributed by atoms with Gasteiger partial charge in [-0.15, -0.1) is 0 Å². The summed E-state index contributed by atoms with van der Waals surface area (Å²) in [7, 11) is 0. The van der Waals surface area contributed by atoms with Gasteiger partial charge in [0.25, 0.3) is 5.91 Å². The van der Waals surface area contributed by atoms with Crippen LogP contribution in [0.3, 0.4) is 0 Å². The summed E-state index contributed by atoms with van der Waals surface area (Å²) >= 11 is 0. The molecular weight excluding hydrogens is 378 g/mol. The van der Waals surface area contributed by atoms with Crippen LogP contribution in [0.2, 0.25) is 0 Å². The van der Waals surface area contributed by atoms with Crippen molar-refractivity contribution in [1.29, 1.82) is 0 Å². The molecule has 0 unspecified atom stereocenters. The van der Waals surface area contributed by atoms with Crippen LogP contribution in [-0.2, 0) is 0 Å². The van der Waals surface area contributed by atoms with Gasteiger partial charge in [0, 0.05) is 30.9 Å². The molecule has 0 radical (unpaired) electrons. The van der Waals surface area contributed by atoms with Crippen LogP contribution in [0.4, 0.5) is 8.78 Å². The molecule has 5 rings (SSSR count). The lowest BCUT2D eigenvalue weighted by molar-refractivity contribution is 0.0787. The summed E-state index contributed by atoms with van der Waals surface area (Å²) in [5.41, 5.74) is 1.44. The number of benzene rings is 1. The number of fused-ring (bicyclic) bond motifs is 1. The molecule has 1 atom stereocenters. The van der Waals surface area contributed by atoms with E-state index in [1.807, 2.05) is 22.8 Å². The lowest BCUT2D eigenvalue weighted by atomic mass is 10.2. The molecule has 4 aromatic rings. The van der Waals surface area contributed by atoms with Crippen LogP contribution in [0.5, 0.6) is 0 Å². The smallest absolute Gasteiger partial charge is 0.254 e. The second-order valence-electron chi connectivity index (χ2n) is 6.98. The molecule has 1 aliphatic heterocycles. The van der Waals surface area contributed by atoms with Crippen molar-refractivity contribution in [2.45, 2.75) is 12.5 Å². The Morgan fingerprint density at radius 3 is 2.72 bits per heavy atom. The summed E-state index contributed by atoms with van der Waals surface area (Å²) in [6, 6.07) is 10.1. The summed E-state index contributed by atoms with van der Waals surface area (Å²) < 4.78 is 34.6. The standard InChI is InChI=1S/C21H16F2N4O2/c22-14-9-13(10-15(23)11-14)21(28)26-7-5-16(12-26)27-19-17(3-1-6-24-19)25-20(27)18-4-2-8-29-18/h1-4,6,8-11,16H,5,7,12H2/t16-/m1/s1. The van der Waals surface area contributed by atoms with Crippen LogP contribution < -0.4 is 0 Å². The van der Waals surface area contributed by atoms with E-state index in [9.17, 15) is 13.6 Å². The average molecular weight is 394 g/mol. The third kappa shape index (κ3) is 3.06. The normalized spacial score (nSPS) is 16.6. The number of hydrogen-bond donors (Lipinski definition) is 0. The molecule has 0 spiro atoms. The lowest BCUT2D eigenvalue weighted by Crippen LogP contribution is -2.29. The number of hydrogen-bond acceptors (Lipinski definition) is 4. The van der Waals surface area contributed by atoms with Crippen LogP contribution >= 0.6 is 0 Å². The minimum Gasteiger partial charge on any atom is -0.461 e. The van der Waals surface area contributed by atoms with Crippen molar-refractivity contribution in [1.82, 2.24) is 19.4 Å². The maximum absolute atomic E-state index is 13.5. The van der Waals surface area contributed by atoms with Gasteiger partial charge in [-0.25, -0.2) is 18.7 Å². The number of amides is 1. The van der Waals surface area contributed by atoms with Crippen LogP contribution in [0.15, 0.2) is 59.3 Å². The number of pyridine rings is 1. The molecule has 1 amide bonds. The first kappa shape index (κ1) is 17.5. The highest BCUT2D eigenvalue weighted by Crippen LogP contribution is 2.32. The van der Waals surface area contributed by atoms with Gasteiger partial charge in [-0.3, -0.25) is 4.79 Å². The zero-order valence-electron chi connectivity index (χ0n) is 15.3. The Labute approximate surface area is 164 Å². The number of carbonyl (C=O) groups excluding carboxylic acids is 1. The van der Waals surface area contributed by atoms with Crippen molar-refractivity contribution in [2.75, 3.05) is 13.1 Å². The minimum absolute atomic E-state index is 0.00280. The molecular formula is C21H16F2N4O2. The van der Waals surface area contributed by atoms with E-state index in [2.05, 4.69) is 9.97 Å². The number of imidazole rings is 1. The van der Waals surface area contributed by atoms with E-state index in [0.29, 0.717) is 36.7 Å². The van der Waals surface area contributed by atoms with Gasteiger partial charge < -0.3 is 13.9 Å². The molecule has 1 saturated heterocycles. The summed E-state index contributed by atoms with van der Waals surface area (Å²) in [4.78, 5) is 23.5. The van der Waals surface area contributed by atoms with E-state index < -0.39 is 17.5 Å². The number of rotatable bonds is 3. The summed E-state index contributed by atoms with van der Waals surface area (Å²) in [6.45, 7) is 0.846. The number of furan rings is 1. The molecule has 29 heavy (non-hydrogen) atoms. The largest absolute Gasteiger partial charge is 0.461 e. The third-order valence-corrected chi connectivity index (χ3v) is 5.12. The van der Waals surface area contributed by atoms with E-state index in [-0.39, 0.29) is 11.6 Å². The Kier molecular flexibility index (Phi) is 4.12. The van der Waals surface area contributed by atoms with Gasteiger partial charge in [-0.05, 0) is 42.8 Å². The van der Waals surface area contributed by atoms with Crippen molar-refractivity contribution >= 4 is 17.1 Å². The quantitative estimate of drug-likeness (QED) is 0.526. The second-order valence-corrected chi connectivity index (χ2v) is 6.98. The van der Waals surface area contributed by atoms with Crippen LogP contribution in [0.1, 0.15) is 22.8 Å². The zero-order valence-corrected chi connectivity index (χ0v) is 15.3. The fourth-order valence-electron chi connectivity index (χ4n) is 3.85. The molecule has 146 valence electrons. The predicted octanol–water partition coefficient (Wildman–Crippen LogP) is 4.06. The number of nitrogens with zero attached hydrogens (tertiary/aromatic N) is 4. The molecule has 1 fully saturated rings. The number of carbonyl (C=O) groups is 1. The molecule has 0 bridgehead atoms. The van der Waals surface area contributed by atoms with Crippen LogP contribution in [-0.4, -0.2) is 38.4 Å². The zero-order chi connectivity index (χ0) is 20.0. The molecule has 0 saturated carbocycles. The fraction of sp³-hybridized carbons (Fsp3) is 0.190. The summed E-state index contributed by atoms with van der Waals surface area (Å²) in [5, 5.41) is 0. The first-order chi connectivity index (χ1) is 14.1. The topological polar surface area (TPSA) is 64.2 Å². The third-order valence-electron chi connectivity index (χ3n) is 5.12. The first-order valence-corrected chi connectivity index (χ1v) is 9.22. The van der Waals surface area contributed by atoms with Gasteiger partial charge in [0.15, 0.2) is 17.2 Å². The van der Waals surface area contributed by atoms with Crippen molar-refractivity contribution in [3.05, 3.63) is 72.1 Å². The highest BCUT2D eigenvalue weighted by Gasteiger charge is 2.32. The first-order valence-electron chi connectivity index (χ1n) is 9.22. The second kappa shape index (κ2) is 6.80. The monoisotopic (exact) mass is 394 g/mol. The average Bonchev–Trinajstić information content (AvgIpc) is 3.44. The van der Waals surface area contributed by atoms with Crippen molar-refractivity contribution < 1.29 is 18.0 Å². The van der Waals surface area contributed by atoms with E-state index in [4.69, 9.17) is 4.42 Å². The van der Waals surface area contributed by atoms with E-state index in [1.54, 1.807) is 23.4 Å². The van der Waals surface area contributed by atoms with E-state index in [0.717, 1.165) is 23.7 Å². The van der Waals surface area contributed by atoms with E-state index >= 15 is 0 Å². The molecule has 6 nitrogen and oxygen atoms in total. The highest BCUT2D eigenvalue weighted by molar-refractivity contribution is 5.94. The molecule has 0 aliphatic carbocycles. The fourth-order valence-corrected chi connectivity index (χ4v) is 3.85. The van der Waals surface area contributed by atoms with Crippen LogP contribution in [0.25, 0.3) is 22.7 Å². The van der Waals surface area contributed by atoms with Crippen molar-refractivity contribution in [3.8, 4) is 11.6 Å². The number of halogens is 2. The van der Waals surface area contributed by atoms with Gasteiger partial charge in [-0.1, -0.05) is 0 Å². The Hall–Kier alpha value is -3.55. The molecule has 3 aromatic heterocycles. The van der Waals surface area contributed by atoms with Gasteiger partial charge in [0.05, 0.1) is 12.3 Å². The van der Waals surface area contributed by atoms with Gasteiger partial charge in [-0.2, -0.15) is 0 Å². The maximum atomic E-state index is 13.5. The van der Waals surface area contributed by atoms with Crippen LogP contribution in [0, 0.1) is 11.6 Å². The molecule has 1 aromatic carbocycles. The Balaban J connectivity index is 1.49. The Bertz CT molecular complexity index is 1180. The molecule has 1 aliphatic rings. The molecule has 0 N–H and O–H groups in total. The van der Waals surface area contributed by atoms with Gasteiger partial charge in [0.2, 0.25) is 0 Å². The lowest BCUT2D eigenvalue weighted by Gasteiger charge is -2.18. The van der Waals surface area contributed by atoms with Crippen molar-refractivity contribution in [3.63, 3.8) is 0 Å². The Morgan fingerprint density at radius 1 is 1.14 bits per heavy atom. The van der Waals surface area contributed by atoms with Gasteiger partial charge >= 0.3 is 0 Å². The number of aromatic nitrogens is 3. The molecule has 4 heterocycles. The van der Waals surface area contributed by atoms with Crippen molar-refractivity contribution in [2.24, 2.45) is 0 Å². The maximum Gasteiger partial charge on any atom is 0.254 e. The Morgan fingerprint density at radius 2 is 1.97 bits per heavy atom. The SMILES string of the molecule is O=C(c1cc(F)cc(F)c1)N1CC[C@@H](n2c(-c3ccco3)nc3cccnc32)C1. The highest BCUT2D eigenvalue weighted by atomic mass is 19.1. The summed E-state index contributed by atoms with van der Waals surface area (Å²) in [6.07, 6.45) is 3.94.